The predicted octanol–water partition coefficient (Wildman–Crippen LogP) is 6.24. The van der Waals surface area contributed by atoms with Gasteiger partial charge in [0, 0.05) is 49.4 Å². The van der Waals surface area contributed by atoms with Crippen LogP contribution in [0.5, 0.6) is 0 Å². The molecule has 0 aromatic heterocycles. The third-order valence-corrected chi connectivity index (χ3v) is 8.93. The van der Waals surface area contributed by atoms with Gasteiger partial charge in [-0.3, -0.25) is 19.2 Å². The summed E-state index contributed by atoms with van der Waals surface area (Å²) in [5.41, 5.74) is 8.64. The summed E-state index contributed by atoms with van der Waals surface area (Å²) in [6.07, 6.45) is 3.39. The lowest BCUT2D eigenvalue weighted by molar-refractivity contribution is -0.155. The Balaban J connectivity index is 0.000000265. The van der Waals surface area contributed by atoms with Crippen LogP contribution >= 0.6 is 0 Å². The smallest absolute Gasteiger partial charge is 0.407 e. The second-order valence-electron chi connectivity index (χ2n) is 16.4. The van der Waals surface area contributed by atoms with E-state index in [0.29, 0.717) is 30.8 Å². The Hall–Kier alpha value is -5.23. The Kier molecular flexibility index (Phi) is 15.6. The lowest BCUT2D eigenvalue weighted by atomic mass is 10.0. The van der Waals surface area contributed by atoms with Gasteiger partial charge in [0.1, 0.15) is 17.8 Å². The van der Waals surface area contributed by atoms with Crippen LogP contribution in [-0.4, -0.2) is 89.1 Å². The predicted molar refractivity (Wildman–Crippen MR) is 214 cm³/mol. The maximum atomic E-state index is 13.0. The number of alkyl carbamates (subject to hydrolysis) is 1. The molecule has 302 valence electrons. The lowest BCUT2D eigenvalue weighted by Gasteiger charge is -2.33. The highest BCUT2D eigenvalue weighted by atomic mass is 16.6. The monoisotopic (exact) mass is 770 g/mol. The highest BCUT2D eigenvalue weighted by molar-refractivity contribution is 5.95. The van der Waals surface area contributed by atoms with Gasteiger partial charge in [-0.1, -0.05) is 54.6 Å². The number of piperidine rings is 2. The average Bonchev–Trinajstić information content (AvgIpc) is 3.13. The average molecular weight is 771 g/mol. The summed E-state index contributed by atoms with van der Waals surface area (Å²) in [6.45, 7) is 13.7. The molecule has 12 heteroatoms. The fraction of sp³-hybridized carbons (Fsp3) is 0.477. The van der Waals surface area contributed by atoms with Crippen LogP contribution in [0.25, 0.3) is 0 Å². The van der Waals surface area contributed by atoms with E-state index in [2.05, 4.69) is 5.32 Å². The summed E-state index contributed by atoms with van der Waals surface area (Å²) < 4.78 is 15.9. The van der Waals surface area contributed by atoms with E-state index in [4.69, 9.17) is 19.9 Å². The molecule has 2 heterocycles. The number of carbonyl (C=O) groups is 5. The van der Waals surface area contributed by atoms with Gasteiger partial charge in [0.25, 0.3) is 11.8 Å². The number of hydrogen-bond donors (Lipinski definition) is 2. The Labute approximate surface area is 331 Å². The third-order valence-electron chi connectivity index (χ3n) is 8.93. The van der Waals surface area contributed by atoms with E-state index in [9.17, 15) is 24.0 Å². The quantitative estimate of drug-likeness (QED) is 0.190. The second-order valence-corrected chi connectivity index (χ2v) is 16.4. The number of nitrogens with one attached hydrogen (secondary N) is 1. The maximum absolute atomic E-state index is 13.0. The van der Waals surface area contributed by atoms with Crippen LogP contribution in [-0.2, 0) is 43.2 Å². The molecule has 0 aliphatic carbocycles. The van der Waals surface area contributed by atoms with E-state index in [1.807, 2.05) is 71.9 Å². The SMILES string of the molecule is CC(C)(C)OC(=O)Cc1ccc(C(=O)N2CCCC(N)C2)cc1.CC(C)(C)OC(=O)Cc1ccc(C(=O)N2CCCC(NC(=O)OCc3ccccc3)C2)cc1. The van der Waals surface area contributed by atoms with E-state index in [0.717, 1.165) is 48.9 Å². The molecule has 2 aliphatic rings. The molecule has 2 unspecified atom stereocenters. The zero-order valence-electron chi connectivity index (χ0n) is 33.7. The van der Waals surface area contributed by atoms with Crippen molar-refractivity contribution in [1.82, 2.24) is 15.1 Å². The number of carbonyl (C=O) groups excluding carboxylic acids is 5. The number of amides is 3. The van der Waals surface area contributed by atoms with Crippen LogP contribution in [0.3, 0.4) is 0 Å². The van der Waals surface area contributed by atoms with E-state index in [-0.39, 0.29) is 55.3 Å². The minimum Gasteiger partial charge on any atom is -0.460 e. The van der Waals surface area contributed by atoms with Crippen molar-refractivity contribution in [1.29, 1.82) is 0 Å². The van der Waals surface area contributed by atoms with Crippen LogP contribution < -0.4 is 11.1 Å². The van der Waals surface area contributed by atoms with Gasteiger partial charge in [0.2, 0.25) is 0 Å². The number of ether oxygens (including phenoxy) is 3. The molecule has 0 radical (unpaired) electrons. The Morgan fingerprint density at radius 2 is 1.11 bits per heavy atom. The summed E-state index contributed by atoms with van der Waals surface area (Å²) in [5.74, 6) is -0.656. The molecule has 2 aliphatic heterocycles. The number of rotatable bonds is 9. The fourth-order valence-corrected chi connectivity index (χ4v) is 6.39. The van der Waals surface area contributed by atoms with Crippen LogP contribution in [0.2, 0.25) is 0 Å². The number of nitrogens with two attached hydrogens (primary N) is 1. The van der Waals surface area contributed by atoms with Crippen molar-refractivity contribution in [3.63, 3.8) is 0 Å². The Bertz CT molecular complexity index is 1770. The van der Waals surface area contributed by atoms with Gasteiger partial charge in [-0.2, -0.15) is 0 Å². The van der Waals surface area contributed by atoms with Crippen molar-refractivity contribution >= 4 is 29.8 Å². The first-order valence-electron chi connectivity index (χ1n) is 19.4. The normalized spacial score (nSPS) is 17.1. The van der Waals surface area contributed by atoms with Gasteiger partial charge >= 0.3 is 18.0 Å². The zero-order valence-corrected chi connectivity index (χ0v) is 33.7. The van der Waals surface area contributed by atoms with Crippen LogP contribution in [0, 0.1) is 0 Å². The molecule has 0 bridgehead atoms. The molecule has 2 atom stereocenters. The van der Waals surface area contributed by atoms with Crippen molar-refractivity contribution in [2.24, 2.45) is 5.73 Å². The van der Waals surface area contributed by atoms with Crippen molar-refractivity contribution < 1.29 is 38.2 Å². The van der Waals surface area contributed by atoms with E-state index < -0.39 is 17.3 Å². The van der Waals surface area contributed by atoms with Gasteiger partial charge in [-0.05, 0) is 108 Å². The molecule has 2 saturated heterocycles. The molecule has 3 amide bonds. The van der Waals surface area contributed by atoms with Crippen LogP contribution in [0.4, 0.5) is 4.79 Å². The molecule has 5 rings (SSSR count). The first-order valence-corrected chi connectivity index (χ1v) is 19.4. The minimum absolute atomic E-state index is 0.00367. The van der Waals surface area contributed by atoms with Gasteiger partial charge in [-0.15, -0.1) is 0 Å². The van der Waals surface area contributed by atoms with E-state index >= 15 is 0 Å². The highest BCUT2D eigenvalue weighted by Gasteiger charge is 2.27. The van der Waals surface area contributed by atoms with Crippen LogP contribution in [0.15, 0.2) is 78.9 Å². The lowest BCUT2D eigenvalue weighted by Crippen LogP contribution is -2.49. The van der Waals surface area contributed by atoms with Gasteiger partial charge in [0.05, 0.1) is 12.8 Å². The highest BCUT2D eigenvalue weighted by Crippen LogP contribution is 2.18. The minimum atomic E-state index is -0.528. The number of esters is 2. The van der Waals surface area contributed by atoms with Crippen molar-refractivity contribution in [3.05, 3.63) is 107 Å². The van der Waals surface area contributed by atoms with E-state index in [1.54, 1.807) is 58.3 Å². The molecular weight excluding hydrogens is 713 g/mol. The first kappa shape index (κ1) is 43.5. The van der Waals surface area contributed by atoms with Crippen molar-refractivity contribution in [3.8, 4) is 0 Å². The molecular formula is C44H58N4O8. The molecule has 56 heavy (non-hydrogen) atoms. The molecule has 0 spiro atoms. The summed E-state index contributed by atoms with van der Waals surface area (Å²) in [5, 5.41) is 2.87. The summed E-state index contributed by atoms with van der Waals surface area (Å²) in [7, 11) is 0. The maximum Gasteiger partial charge on any atom is 0.407 e. The summed E-state index contributed by atoms with van der Waals surface area (Å²) in [6, 6.07) is 23.6. The summed E-state index contributed by atoms with van der Waals surface area (Å²) >= 11 is 0. The molecule has 3 N–H and O–H groups in total. The third kappa shape index (κ3) is 15.1. The van der Waals surface area contributed by atoms with Crippen LogP contribution in [0.1, 0.15) is 105 Å². The number of nitrogens with zero attached hydrogens (tertiary/aromatic N) is 2. The molecule has 0 saturated carbocycles. The Morgan fingerprint density at radius 1 is 0.643 bits per heavy atom. The number of hydrogen-bond acceptors (Lipinski definition) is 9. The Morgan fingerprint density at radius 3 is 1.57 bits per heavy atom. The van der Waals surface area contributed by atoms with Gasteiger partial charge in [0.15, 0.2) is 0 Å². The van der Waals surface area contributed by atoms with Gasteiger partial charge in [-0.25, -0.2) is 4.79 Å². The number of benzene rings is 3. The summed E-state index contributed by atoms with van der Waals surface area (Å²) in [4.78, 5) is 64.9. The van der Waals surface area contributed by atoms with E-state index in [1.165, 1.54) is 0 Å². The second kappa shape index (κ2) is 20.1. The number of likely N-dealkylation sites (tertiary alicyclic amines) is 2. The molecule has 3 aromatic carbocycles. The first-order chi connectivity index (χ1) is 26.4. The molecule has 2 fully saturated rings. The fourth-order valence-electron chi connectivity index (χ4n) is 6.39. The molecule has 3 aromatic rings. The standard InChI is InChI=1S/C26H32N2O5.C18H26N2O3/c1-26(2,3)33-23(29)16-19-11-13-21(14-12-19)24(30)28-15-7-10-22(17-28)27-25(31)32-18-20-8-5-4-6-9-20;1-18(2,3)23-16(21)11-13-6-8-14(9-7-13)17(22)20-10-4-5-15(19)12-20/h4-6,8-9,11-14,22H,7,10,15-18H2,1-3H3,(H,27,31);6-9,15H,4-5,10-12,19H2,1-3H3. The molecule has 12 nitrogen and oxygen atoms in total. The van der Waals surface area contributed by atoms with Crippen molar-refractivity contribution in [2.45, 2.75) is 110 Å². The zero-order chi connectivity index (χ0) is 40.9. The van der Waals surface area contributed by atoms with Crippen molar-refractivity contribution in [2.75, 3.05) is 26.2 Å². The largest absolute Gasteiger partial charge is 0.460 e. The van der Waals surface area contributed by atoms with Gasteiger partial charge < -0.3 is 35.1 Å². The topological polar surface area (TPSA) is 158 Å².